The maximum absolute atomic E-state index is 13.1. The number of halogens is 4. The second kappa shape index (κ2) is 3.33. The van der Waals surface area contributed by atoms with Gasteiger partial charge in [0.25, 0.3) is 0 Å². The number of hydrogen-bond donors (Lipinski definition) is 1. The number of rotatable bonds is 1. The molecule has 0 bridgehead atoms. The average molecular weight is 196 g/mol. The van der Waals surface area contributed by atoms with Crippen LogP contribution in [0.2, 0.25) is 0 Å². The molecule has 1 rings (SSSR count). The molecule has 1 N–H and O–H groups in total. The fourth-order valence-corrected chi connectivity index (χ4v) is 0.860. The number of benzene rings is 1. The van der Waals surface area contributed by atoms with Gasteiger partial charge < -0.3 is 5.11 Å². The van der Waals surface area contributed by atoms with E-state index in [9.17, 15) is 17.6 Å². The Morgan fingerprint density at radius 3 is 2.54 bits per heavy atom. The van der Waals surface area contributed by atoms with Gasteiger partial charge in [-0.2, -0.15) is 13.2 Å². The van der Waals surface area contributed by atoms with E-state index >= 15 is 0 Å². The van der Waals surface area contributed by atoms with Crippen molar-refractivity contribution in [3.63, 3.8) is 0 Å². The molecule has 0 aliphatic carbocycles. The summed E-state index contributed by atoms with van der Waals surface area (Å²) in [6, 6.07) is -1.49. The third-order valence-electron chi connectivity index (χ3n) is 1.45. The van der Waals surface area contributed by atoms with Crippen molar-refractivity contribution in [2.75, 3.05) is 0 Å². The molecule has 0 saturated heterocycles. The molecule has 1 aromatic rings. The van der Waals surface area contributed by atoms with Gasteiger partial charge in [-0.3, -0.25) is 0 Å². The lowest BCUT2D eigenvalue weighted by atomic mass is 10.1. The molecule has 1 aromatic carbocycles. The second-order valence-electron chi connectivity index (χ2n) is 2.28. The fourth-order valence-electron chi connectivity index (χ4n) is 0.860. The van der Waals surface area contributed by atoms with Crippen molar-refractivity contribution in [2.45, 2.75) is 12.8 Å². The van der Waals surface area contributed by atoms with E-state index in [4.69, 9.17) is 7.85 Å². The summed E-state index contributed by atoms with van der Waals surface area (Å²) in [4.78, 5) is 0. The summed E-state index contributed by atoms with van der Waals surface area (Å²) >= 11 is 0. The molecule has 72 valence electrons. The number of aliphatic hydroxyl groups is 1. The van der Waals surface area contributed by atoms with Crippen molar-refractivity contribution in [3.8, 4) is 0 Å². The second-order valence-corrected chi connectivity index (χ2v) is 2.28. The van der Waals surface area contributed by atoms with Gasteiger partial charge in [-0.1, -0.05) is 6.04 Å². The molecule has 0 atom stereocenters. The van der Waals surface area contributed by atoms with E-state index in [1.54, 1.807) is 0 Å². The lowest BCUT2D eigenvalue weighted by Crippen LogP contribution is -2.10. The summed E-state index contributed by atoms with van der Waals surface area (Å²) in [6.45, 7) is -1.16. The van der Waals surface area contributed by atoms with Gasteiger partial charge in [-0.05, 0) is 12.1 Å². The molecule has 5 heteroatoms. The van der Waals surface area contributed by atoms with Crippen LogP contribution in [0.25, 0.3) is 0 Å². The number of hydrogen-bond acceptors (Lipinski definition) is 1. The van der Waals surface area contributed by atoms with Crippen LogP contribution in [-0.4, -0.2) is 5.11 Å². The van der Waals surface area contributed by atoms with Crippen LogP contribution in [0.1, 0.15) is 13.9 Å². The molecule has 0 saturated carbocycles. The standard InChI is InChI=1S/C8H6F4O/c9-7-3-1-2-6(5(7)4-13)8(10,11)12/h1-3,13H,4H2/i1D,3D. The van der Waals surface area contributed by atoms with Crippen molar-refractivity contribution in [1.29, 1.82) is 0 Å². The molecule has 1 nitrogen and oxygen atoms in total. The zero-order chi connectivity index (χ0) is 11.8. The highest BCUT2D eigenvalue weighted by Gasteiger charge is 2.33. The molecule has 0 fully saturated rings. The van der Waals surface area contributed by atoms with Crippen LogP contribution in [0, 0.1) is 5.82 Å². The molecule has 0 radical (unpaired) electrons. The summed E-state index contributed by atoms with van der Waals surface area (Å²) < 4.78 is 63.9. The van der Waals surface area contributed by atoms with Gasteiger partial charge in [0.15, 0.2) is 0 Å². The smallest absolute Gasteiger partial charge is 0.392 e. The van der Waals surface area contributed by atoms with Crippen LogP contribution < -0.4 is 0 Å². The summed E-state index contributed by atoms with van der Waals surface area (Å²) in [5, 5.41) is 8.59. The maximum Gasteiger partial charge on any atom is 0.416 e. The van der Waals surface area contributed by atoms with Gasteiger partial charge >= 0.3 is 6.18 Å². The van der Waals surface area contributed by atoms with Crippen LogP contribution in [0.3, 0.4) is 0 Å². The van der Waals surface area contributed by atoms with Gasteiger partial charge in [0.2, 0.25) is 0 Å². The summed E-state index contributed by atoms with van der Waals surface area (Å²) in [5.74, 6) is -1.50. The van der Waals surface area contributed by atoms with Crippen LogP contribution in [0.4, 0.5) is 17.6 Å². The molecule has 0 spiro atoms. The Kier molecular flexibility index (Phi) is 1.88. The Labute approximate surface area is 74.4 Å². The van der Waals surface area contributed by atoms with Gasteiger partial charge in [0.1, 0.15) is 5.82 Å². The quantitative estimate of drug-likeness (QED) is 0.683. The van der Waals surface area contributed by atoms with Gasteiger partial charge in [0.05, 0.1) is 14.9 Å². The molecule has 0 amide bonds. The van der Waals surface area contributed by atoms with E-state index in [0.29, 0.717) is 6.07 Å². The van der Waals surface area contributed by atoms with Crippen molar-refractivity contribution in [3.05, 3.63) is 35.1 Å². The van der Waals surface area contributed by atoms with E-state index in [2.05, 4.69) is 0 Å². The lowest BCUT2D eigenvalue weighted by molar-refractivity contribution is -0.138. The normalized spacial score (nSPS) is 13.9. The Morgan fingerprint density at radius 2 is 2.08 bits per heavy atom. The largest absolute Gasteiger partial charge is 0.416 e. The molecule has 13 heavy (non-hydrogen) atoms. The molecule has 0 aromatic heterocycles. The van der Waals surface area contributed by atoms with Gasteiger partial charge in [-0.25, -0.2) is 4.39 Å². The molecule has 0 aliphatic rings. The lowest BCUT2D eigenvalue weighted by Gasteiger charge is -2.11. The van der Waals surface area contributed by atoms with Crippen LogP contribution >= 0.6 is 0 Å². The van der Waals surface area contributed by atoms with E-state index < -0.39 is 41.8 Å². The van der Waals surface area contributed by atoms with Gasteiger partial charge in [-0.15, -0.1) is 0 Å². The Morgan fingerprint density at radius 1 is 1.46 bits per heavy atom. The summed E-state index contributed by atoms with van der Waals surface area (Å²) in [7, 11) is 0. The number of aliphatic hydroxyl groups excluding tert-OH is 1. The van der Waals surface area contributed by atoms with Gasteiger partial charge in [0, 0.05) is 5.56 Å². The predicted molar refractivity (Wildman–Crippen MR) is 37.3 cm³/mol. The highest BCUT2D eigenvalue weighted by atomic mass is 19.4. The highest BCUT2D eigenvalue weighted by molar-refractivity contribution is 5.30. The molecule has 0 unspecified atom stereocenters. The predicted octanol–water partition coefficient (Wildman–Crippen LogP) is 2.34. The minimum atomic E-state index is -4.84. The van der Waals surface area contributed by atoms with Crippen molar-refractivity contribution in [1.82, 2.24) is 0 Å². The topological polar surface area (TPSA) is 20.2 Å². The summed E-state index contributed by atoms with van der Waals surface area (Å²) in [6.07, 6.45) is -4.84. The van der Waals surface area contributed by atoms with E-state index in [0.717, 1.165) is 0 Å². The van der Waals surface area contributed by atoms with Crippen LogP contribution in [0.15, 0.2) is 18.2 Å². The molecule has 0 aliphatic heterocycles. The first kappa shape index (κ1) is 7.32. The summed E-state index contributed by atoms with van der Waals surface area (Å²) in [5.41, 5.74) is -2.41. The zero-order valence-electron chi connectivity index (χ0n) is 8.24. The van der Waals surface area contributed by atoms with Crippen molar-refractivity contribution in [2.24, 2.45) is 0 Å². The minimum Gasteiger partial charge on any atom is -0.392 e. The third kappa shape index (κ3) is 1.98. The monoisotopic (exact) mass is 196 g/mol. The zero-order valence-corrected chi connectivity index (χ0v) is 6.24. The minimum absolute atomic E-state index is 0.330. The van der Waals surface area contributed by atoms with Crippen molar-refractivity contribution < 1.29 is 25.4 Å². The Bertz CT molecular complexity index is 389. The Balaban J connectivity index is 3.53. The number of alkyl halides is 3. The molecular formula is C8H6F4O. The first-order valence-electron chi connectivity index (χ1n) is 4.25. The Hall–Kier alpha value is -1.10. The molecule has 0 heterocycles. The fraction of sp³-hybridized carbons (Fsp3) is 0.250. The van der Waals surface area contributed by atoms with Crippen molar-refractivity contribution >= 4 is 0 Å². The highest BCUT2D eigenvalue weighted by Crippen LogP contribution is 2.32. The first-order valence-corrected chi connectivity index (χ1v) is 3.25. The average Bonchev–Trinajstić information content (AvgIpc) is 2.12. The SMILES string of the molecule is [2H]c1cc(C(F)(F)F)c(CO)c(F)c1[2H]. The van der Waals surface area contributed by atoms with E-state index in [1.165, 1.54) is 0 Å². The van der Waals surface area contributed by atoms with Crippen LogP contribution in [-0.2, 0) is 12.8 Å². The van der Waals surface area contributed by atoms with E-state index in [1.807, 2.05) is 0 Å². The van der Waals surface area contributed by atoms with E-state index in [-0.39, 0.29) is 0 Å². The third-order valence-corrected chi connectivity index (χ3v) is 1.45. The first-order chi connectivity index (χ1) is 6.79. The maximum atomic E-state index is 13.1. The van der Waals surface area contributed by atoms with Crippen LogP contribution in [0.5, 0.6) is 0 Å². The molecular weight excluding hydrogens is 188 g/mol.